The normalized spacial score (nSPS) is 10.2. The summed E-state index contributed by atoms with van der Waals surface area (Å²) in [5, 5.41) is 0. The molecule has 0 saturated carbocycles. The van der Waals surface area contributed by atoms with Gasteiger partial charge in [-0.3, -0.25) is 4.84 Å². The number of ether oxygens (including phenoxy) is 1. The van der Waals surface area contributed by atoms with Gasteiger partial charge < -0.3 is 10.5 Å². The van der Waals surface area contributed by atoms with Gasteiger partial charge in [-0.15, -0.1) is 12.4 Å². The van der Waals surface area contributed by atoms with Crippen LogP contribution in [-0.2, 0) is 9.57 Å². The molecule has 13 heavy (non-hydrogen) atoms. The van der Waals surface area contributed by atoms with E-state index in [-0.39, 0.29) is 19.0 Å². The average Bonchev–Trinajstić information content (AvgIpc) is 1.84. The van der Waals surface area contributed by atoms with Crippen molar-refractivity contribution in [1.29, 1.82) is 0 Å². The SMILES string of the molecule is CC(C)(C)OC(=O)NOCCN.Cl. The smallest absolute Gasteiger partial charge is 0.431 e. The molecule has 0 saturated heterocycles. The van der Waals surface area contributed by atoms with Gasteiger partial charge >= 0.3 is 6.09 Å². The molecule has 3 N–H and O–H groups in total. The van der Waals surface area contributed by atoms with Crippen LogP contribution in [0, 0.1) is 0 Å². The molecule has 0 aromatic carbocycles. The summed E-state index contributed by atoms with van der Waals surface area (Å²) in [6.07, 6.45) is -0.601. The number of carbonyl (C=O) groups excluding carboxylic acids is 1. The Hall–Kier alpha value is -0.520. The molecule has 80 valence electrons. The van der Waals surface area contributed by atoms with E-state index in [1.165, 1.54) is 0 Å². The number of hydrogen-bond donors (Lipinski definition) is 2. The summed E-state index contributed by atoms with van der Waals surface area (Å²) in [4.78, 5) is 15.5. The van der Waals surface area contributed by atoms with Crippen molar-refractivity contribution >= 4 is 18.5 Å². The predicted octanol–water partition coefficient (Wildman–Crippen LogP) is 0.823. The lowest BCUT2D eigenvalue weighted by atomic mass is 10.2. The fraction of sp³-hybridized carbons (Fsp3) is 0.857. The van der Waals surface area contributed by atoms with Gasteiger partial charge in [0, 0.05) is 6.54 Å². The second kappa shape index (κ2) is 6.94. The van der Waals surface area contributed by atoms with Gasteiger partial charge in [0.25, 0.3) is 0 Å². The minimum absolute atomic E-state index is 0. The highest BCUT2D eigenvalue weighted by molar-refractivity contribution is 5.85. The summed E-state index contributed by atoms with van der Waals surface area (Å²) in [7, 11) is 0. The van der Waals surface area contributed by atoms with Crippen LogP contribution in [0.15, 0.2) is 0 Å². The van der Waals surface area contributed by atoms with Crippen LogP contribution < -0.4 is 11.2 Å². The zero-order chi connectivity index (χ0) is 9.61. The second-order valence-electron chi connectivity index (χ2n) is 3.24. The number of hydrogen-bond acceptors (Lipinski definition) is 4. The van der Waals surface area contributed by atoms with Crippen molar-refractivity contribution in [2.24, 2.45) is 5.73 Å². The van der Waals surface area contributed by atoms with Crippen molar-refractivity contribution in [3.63, 3.8) is 0 Å². The predicted molar refractivity (Wildman–Crippen MR) is 51.6 cm³/mol. The summed E-state index contributed by atoms with van der Waals surface area (Å²) >= 11 is 0. The third-order valence-electron chi connectivity index (χ3n) is 0.774. The summed E-state index contributed by atoms with van der Waals surface area (Å²) in [5.41, 5.74) is 6.72. The first kappa shape index (κ1) is 15.0. The molecule has 1 amide bonds. The molecule has 0 bridgehead atoms. The van der Waals surface area contributed by atoms with Crippen molar-refractivity contribution in [2.75, 3.05) is 13.2 Å². The minimum atomic E-state index is -0.601. The van der Waals surface area contributed by atoms with Crippen LogP contribution in [0.2, 0.25) is 0 Å². The topological polar surface area (TPSA) is 73.6 Å². The Balaban J connectivity index is 0. The molecule has 0 aliphatic carbocycles. The fourth-order valence-corrected chi connectivity index (χ4v) is 0.468. The van der Waals surface area contributed by atoms with Crippen molar-refractivity contribution in [2.45, 2.75) is 26.4 Å². The quantitative estimate of drug-likeness (QED) is 0.537. The Bertz CT molecular complexity index is 147. The van der Waals surface area contributed by atoms with E-state index in [1.54, 1.807) is 20.8 Å². The summed E-state index contributed by atoms with van der Waals surface area (Å²) in [6.45, 7) is 5.95. The van der Waals surface area contributed by atoms with E-state index in [2.05, 4.69) is 10.3 Å². The molecule has 0 atom stereocenters. The number of carbonyl (C=O) groups is 1. The molecule has 0 unspecified atom stereocenters. The minimum Gasteiger partial charge on any atom is -0.442 e. The van der Waals surface area contributed by atoms with Gasteiger partial charge in [0.15, 0.2) is 0 Å². The molecule has 0 heterocycles. The third-order valence-corrected chi connectivity index (χ3v) is 0.774. The van der Waals surface area contributed by atoms with Crippen molar-refractivity contribution in [1.82, 2.24) is 5.48 Å². The molecule has 0 radical (unpaired) electrons. The van der Waals surface area contributed by atoms with E-state index in [4.69, 9.17) is 10.5 Å². The van der Waals surface area contributed by atoms with Gasteiger partial charge in [-0.2, -0.15) is 5.48 Å². The molecule has 0 spiro atoms. The molecule has 0 aromatic rings. The molecular weight excluding hydrogens is 196 g/mol. The lowest BCUT2D eigenvalue weighted by Crippen LogP contribution is -2.33. The maximum absolute atomic E-state index is 10.8. The van der Waals surface area contributed by atoms with E-state index in [0.717, 1.165) is 0 Å². The van der Waals surface area contributed by atoms with E-state index in [9.17, 15) is 4.79 Å². The first-order valence-corrected chi connectivity index (χ1v) is 3.76. The van der Waals surface area contributed by atoms with Crippen molar-refractivity contribution in [3.8, 4) is 0 Å². The average molecular weight is 213 g/mol. The van der Waals surface area contributed by atoms with Gasteiger partial charge in [-0.25, -0.2) is 4.79 Å². The van der Waals surface area contributed by atoms with Crippen LogP contribution in [-0.4, -0.2) is 24.8 Å². The highest BCUT2D eigenvalue weighted by Crippen LogP contribution is 2.05. The molecule has 0 rings (SSSR count). The van der Waals surface area contributed by atoms with Crippen LogP contribution in [0.1, 0.15) is 20.8 Å². The Kier molecular flexibility index (Phi) is 7.99. The molecule has 5 nitrogen and oxygen atoms in total. The van der Waals surface area contributed by atoms with Gasteiger partial charge in [0.05, 0.1) is 6.61 Å². The Morgan fingerprint density at radius 1 is 1.46 bits per heavy atom. The highest BCUT2D eigenvalue weighted by Gasteiger charge is 2.15. The highest BCUT2D eigenvalue weighted by atomic mass is 35.5. The number of amides is 1. The standard InChI is InChI=1S/C7H16N2O3.ClH/c1-7(2,3)12-6(10)9-11-5-4-8;/h4-5,8H2,1-3H3,(H,9,10);1H. The van der Waals surface area contributed by atoms with Crippen LogP contribution in [0.4, 0.5) is 4.79 Å². The summed E-state index contributed by atoms with van der Waals surface area (Å²) in [6, 6.07) is 0. The van der Waals surface area contributed by atoms with E-state index in [0.29, 0.717) is 6.54 Å². The number of hydroxylamine groups is 1. The monoisotopic (exact) mass is 212 g/mol. The summed E-state index contributed by atoms with van der Waals surface area (Å²) in [5.74, 6) is 0. The maximum Gasteiger partial charge on any atom is 0.431 e. The molecule has 0 aromatic heterocycles. The van der Waals surface area contributed by atoms with Gasteiger partial charge in [-0.1, -0.05) is 0 Å². The number of halogens is 1. The Morgan fingerprint density at radius 3 is 2.38 bits per heavy atom. The zero-order valence-electron chi connectivity index (χ0n) is 8.12. The molecule has 0 aliphatic rings. The number of nitrogens with two attached hydrogens (primary N) is 1. The van der Waals surface area contributed by atoms with Gasteiger partial charge in [-0.05, 0) is 20.8 Å². The summed E-state index contributed by atoms with van der Waals surface area (Å²) < 4.78 is 4.87. The molecule has 6 heteroatoms. The molecule has 0 fully saturated rings. The number of rotatable bonds is 3. The molecule has 0 aliphatic heterocycles. The lowest BCUT2D eigenvalue weighted by molar-refractivity contribution is -0.00546. The largest absolute Gasteiger partial charge is 0.442 e. The Labute approximate surface area is 84.3 Å². The lowest BCUT2D eigenvalue weighted by Gasteiger charge is -2.19. The zero-order valence-corrected chi connectivity index (χ0v) is 8.94. The fourth-order valence-electron chi connectivity index (χ4n) is 0.468. The first-order valence-electron chi connectivity index (χ1n) is 3.76. The second-order valence-corrected chi connectivity index (χ2v) is 3.24. The van der Waals surface area contributed by atoms with Crippen LogP contribution in [0.25, 0.3) is 0 Å². The van der Waals surface area contributed by atoms with E-state index < -0.39 is 11.7 Å². The van der Waals surface area contributed by atoms with Crippen molar-refractivity contribution in [3.05, 3.63) is 0 Å². The Morgan fingerprint density at radius 2 is 2.00 bits per heavy atom. The van der Waals surface area contributed by atoms with Crippen LogP contribution in [0.3, 0.4) is 0 Å². The van der Waals surface area contributed by atoms with Gasteiger partial charge in [0.1, 0.15) is 5.60 Å². The van der Waals surface area contributed by atoms with Crippen molar-refractivity contribution < 1.29 is 14.4 Å². The van der Waals surface area contributed by atoms with E-state index >= 15 is 0 Å². The third kappa shape index (κ3) is 11.5. The van der Waals surface area contributed by atoms with Crippen LogP contribution >= 0.6 is 12.4 Å². The maximum atomic E-state index is 10.8. The van der Waals surface area contributed by atoms with E-state index in [1.807, 2.05) is 0 Å². The number of nitrogens with one attached hydrogen (secondary N) is 1. The van der Waals surface area contributed by atoms with Crippen LogP contribution in [0.5, 0.6) is 0 Å². The first-order chi connectivity index (χ1) is 5.45. The molecular formula is C7H17ClN2O3. The van der Waals surface area contributed by atoms with Gasteiger partial charge in [0.2, 0.25) is 0 Å².